The van der Waals surface area contributed by atoms with Gasteiger partial charge in [0, 0.05) is 0 Å². The van der Waals surface area contributed by atoms with Gasteiger partial charge in [0.25, 0.3) is 0 Å². The van der Waals surface area contributed by atoms with E-state index in [-0.39, 0.29) is 10.4 Å². The van der Waals surface area contributed by atoms with Gasteiger partial charge < -0.3 is 11.1 Å². The molecule has 0 atom stereocenters. The molecule has 0 unspecified atom stereocenters. The minimum absolute atomic E-state index is 0.107. The van der Waals surface area contributed by atoms with E-state index in [0.29, 0.717) is 6.20 Å². The lowest BCUT2D eigenvalue weighted by atomic mass is 10.6. The highest BCUT2D eigenvalue weighted by atomic mass is 19.4. The number of rotatable bonds is 1. The standard InChI is InChI=1S/C5H5F3N4O/c6-5(7,8)12-2-3(1-10-12)11-4(9)13/h1-2H,(H3,9,11,13). The van der Waals surface area contributed by atoms with E-state index in [1.54, 1.807) is 0 Å². The number of nitrogens with two attached hydrogens (primary N) is 1. The summed E-state index contributed by atoms with van der Waals surface area (Å²) in [5, 5.41) is 4.91. The number of hydrogen-bond acceptors (Lipinski definition) is 2. The van der Waals surface area contributed by atoms with Crippen LogP contribution in [0.5, 0.6) is 0 Å². The van der Waals surface area contributed by atoms with Crippen molar-refractivity contribution in [1.82, 2.24) is 9.78 Å². The maximum absolute atomic E-state index is 11.9. The van der Waals surface area contributed by atoms with E-state index in [2.05, 4.69) is 10.8 Å². The lowest BCUT2D eigenvalue weighted by molar-refractivity contribution is -0.212. The normalized spacial score (nSPS) is 11.3. The van der Waals surface area contributed by atoms with E-state index in [9.17, 15) is 18.0 Å². The van der Waals surface area contributed by atoms with Gasteiger partial charge in [0.15, 0.2) is 0 Å². The third-order valence-corrected chi connectivity index (χ3v) is 1.11. The number of carbonyl (C=O) groups excluding carboxylic acids is 1. The Labute approximate surface area is 70.3 Å². The monoisotopic (exact) mass is 194 g/mol. The second kappa shape index (κ2) is 2.96. The topological polar surface area (TPSA) is 72.9 Å². The van der Waals surface area contributed by atoms with E-state index < -0.39 is 12.3 Å². The van der Waals surface area contributed by atoms with Gasteiger partial charge in [-0.15, -0.1) is 13.2 Å². The molecule has 1 aromatic heterocycles. The van der Waals surface area contributed by atoms with Crippen LogP contribution in [0.1, 0.15) is 0 Å². The van der Waals surface area contributed by atoms with Crippen molar-refractivity contribution < 1.29 is 18.0 Å². The molecule has 5 nitrogen and oxygen atoms in total. The molecule has 1 rings (SSSR count). The zero-order valence-corrected chi connectivity index (χ0v) is 6.17. The highest BCUT2D eigenvalue weighted by molar-refractivity contribution is 5.87. The highest BCUT2D eigenvalue weighted by Crippen LogP contribution is 2.22. The summed E-state index contributed by atoms with van der Waals surface area (Å²) in [5.74, 6) is 0. The summed E-state index contributed by atoms with van der Waals surface area (Å²) < 4.78 is 35.4. The molecule has 0 spiro atoms. The van der Waals surface area contributed by atoms with Crippen molar-refractivity contribution in [3.63, 3.8) is 0 Å². The maximum Gasteiger partial charge on any atom is 0.504 e. The predicted octanol–water partition coefficient (Wildman–Crippen LogP) is 0.850. The zero-order chi connectivity index (χ0) is 10.1. The molecule has 72 valence electrons. The number of urea groups is 1. The lowest BCUT2D eigenvalue weighted by Gasteiger charge is -2.03. The Bertz CT molecular complexity index is 318. The van der Waals surface area contributed by atoms with Crippen LogP contribution in [0.4, 0.5) is 23.7 Å². The molecule has 0 fully saturated rings. The Morgan fingerprint density at radius 2 is 2.23 bits per heavy atom. The number of aromatic nitrogens is 2. The smallest absolute Gasteiger partial charge is 0.351 e. The summed E-state index contributed by atoms with van der Waals surface area (Å²) in [5.41, 5.74) is 4.57. The molecule has 0 radical (unpaired) electrons. The van der Waals surface area contributed by atoms with Crippen LogP contribution in [-0.4, -0.2) is 15.8 Å². The van der Waals surface area contributed by atoms with Gasteiger partial charge in [0.2, 0.25) is 0 Å². The number of primary amides is 1. The molecule has 1 heterocycles. The summed E-state index contributed by atoms with van der Waals surface area (Å²) >= 11 is 0. The van der Waals surface area contributed by atoms with Crippen LogP contribution in [0.25, 0.3) is 0 Å². The van der Waals surface area contributed by atoms with Gasteiger partial charge >= 0.3 is 12.3 Å². The minimum Gasteiger partial charge on any atom is -0.351 e. The van der Waals surface area contributed by atoms with Gasteiger partial charge in [0.05, 0.1) is 18.1 Å². The number of nitrogens with zero attached hydrogens (tertiary/aromatic N) is 2. The molecule has 0 saturated heterocycles. The second-order valence-corrected chi connectivity index (χ2v) is 2.13. The van der Waals surface area contributed by atoms with Crippen molar-refractivity contribution in [1.29, 1.82) is 0 Å². The molecule has 0 aliphatic heterocycles. The van der Waals surface area contributed by atoms with Crippen LogP contribution in [0.2, 0.25) is 0 Å². The summed E-state index contributed by atoms with van der Waals surface area (Å²) in [7, 11) is 0. The summed E-state index contributed by atoms with van der Waals surface area (Å²) in [6.07, 6.45) is -3.12. The Hall–Kier alpha value is -1.73. The molecule has 0 aliphatic rings. The molecule has 2 amide bonds. The van der Waals surface area contributed by atoms with Gasteiger partial charge in [0.1, 0.15) is 0 Å². The number of carbonyl (C=O) groups is 1. The van der Waals surface area contributed by atoms with Crippen molar-refractivity contribution in [2.45, 2.75) is 6.30 Å². The second-order valence-electron chi connectivity index (χ2n) is 2.13. The summed E-state index contributed by atoms with van der Waals surface area (Å²) in [6.45, 7) is 0. The predicted molar refractivity (Wildman–Crippen MR) is 36.7 cm³/mol. The Kier molecular flexibility index (Phi) is 2.13. The first-order valence-electron chi connectivity index (χ1n) is 3.08. The summed E-state index contributed by atoms with van der Waals surface area (Å²) in [6, 6.07) is -0.943. The van der Waals surface area contributed by atoms with Crippen LogP contribution in [0.3, 0.4) is 0 Å². The van der Waals surface area contributed by atoms with Crippen LogP contribution in [0, 0.1) is 0 Å². The first kappa shape index (κ1) is 9.36. The van der Waals surface area contributed by atoms with Crippen molar-refractivity contribution in [2.75, 3.05) is 5.32 Å². The van der Waals surface area contributed by atoms with E-state index in [1.807, 2.05) is 5.32 Å². The lowest BCUT2D eigenvalue weighted by Crippen LogP contribution is -2.19. The first-order valence-corrected chi connectivity index (χ1v) is 3.08. The minimum atomic E-state index is -4.59. The number of nitrogens with one attached hydrogen (secondary N) is 1. The van der Waals surface area contributed by atoms with Crippen LogP contribution in [-0.2, 0) is 6.30 Å². The van der Waals surface area contributed by atoms with Crippen LogP contribution >= 0.6 is 0 Å². The molecular formula is C5H5F3N4O. The van der Waals surface area contributed by atoms with E-state index in [0.717, 1.165) is 6.20 Å². The number of hydrogen-bond donors (Lipinski definition) is 2. The number of anilines is 1. The molecular weight excluding hydrogens is 189 g/mol. The number of alkyl halides is 3. The van der Waals surface area contributed by atoms with Gasteiger partial charge in [-0.25, -0.2) is 4.79 Å². The largest absolute Gasteiger partial charge is 0.504 e. The van der Waals surface area contributed by atoms with Gasteiger partial charge in [-0.2, -0.15) is 9.78 Å². The third-order valence-electron chi connectivity index (χ3n) is 1.11. The van der Waals surface area contributed by atoms with E-state index in [1.165, 1.54) is 0 Å². The Balaban J connectivity index is 2.81. The molecule has 0 aliphatic carbocycles. The number of amides is 2. The average Bonchev–Trinajstić information content (AvgIpc) is 2.32. The maximum atomic E-state index is 11.9. The number of halogens is 3. The molecule has 1 aromatic rings. The molecule has 13 heavy (non-hydrogen) atoms. The van der Waals surface area contributed by atoms with Gasteiger partial charge in [-0.3, -0.25) is 0 Å². The van der Waals surface area contributed by atoms with Crippen molar-refractivity contribution in [2.24, 2.45) is 5.73 Å². The van der Waals surface area contributed by atoms with Crippen molar-refractivity contribution in [3.05, 3.63) is 12.4 Å². The highest BCUT2D eigenvalue weighted by Gasteiger charge is 2.31. The van der Waals surface area contributed by atoms with Gasteiger partial charge in [-0.05, 0) is 0 Å². The third kappa shape index (κ3) is 2.36. The fourth-order valence-corrected chi connectivity index (χ4v) is 0.668. The van der Waals surface area contributed by atoms with Crippen LogP contribution < -0.4 is 11.1 Å². The van der Waals surface area contributed by atoms with Gasteiger partial charge in [-0.1, -0.05) is 0 Å². The zero-order valence-electron chi connectivity index (χ0n) is 6.17. The molecule has 0 aromatic carbocycles. The van der Waals surface area contributed by atoms with E-state index >= 15 is 0 Å². The SMILES string of the molecule is NC(=O)Nc1cnn(C(F)(F)F)c1. The van der Waals surface area contributed by atoms with Crippen molar-refractivity contribution in [3.8, 4) is 0 Å². The summed E-state index contributed by atoms with van der Waals surface area (Å²) in [4.78, 5) is 10.2. The van der Waals surface area contributed by atoms with E-state index in [4.69, 9.17) is 0 Å². The molecule has 0 bridgehead atoms. The molecule has 3 N–H and O–H groups in total. The molecule has 0 saturated carbocycles. The Morgan fingerprint density at radius 1 is 1.62 bits per heavy atom. The fraction of sp³-hybridized carbons (Fsp3) is 0.200. The fourth-order valence-electron chi connectivity index (χ4n) is 0.668. The van der Waals surface area contributed by atoms with Crippen LogP contribution in [0.15, 0.2) is 12.4 Å². The Morgan fingerprint density at radius 3 is 2.62 bits per heavy atom. The first-order chi connectivity index (χ1) is 5.89. The van der Waals surface area contributed by atoms with Crippen molar-refractivity contribution >= 4 is 11.7 Å². The molecule has 8 heteroatoms. The quantitative estimate of drug-likeness (QED) is 0.695. The average molecular weight is 194 g/mol.